The van der Waals surface area contributed by atoms with Crippen LogP contribution in [-0.2, 0) is 10.1 Å². The van der Waals surface area contributed by atoms with Crippen LogP contribution in [-0.4, -0.2) is 32.9 Å². The number of nitrogens with zero attached hydrogens (tertiary/aromatic N) is 3. The van der Waals surface area contributed by atoms with Crippen LogP contribution in [0.5, 0.6) is 0 Å². The number of anilines is 2. The monoisotopic (exact) mass is 317 g/mol. The molecule has 0 bridgehead atoms. The molecule has 9 heteroatoms. The van der Waals surface area contributed by atoms with Gasteiger partial charge in [-0.1, -0.05) is 0 Å². The SMILES string of the molecule is O=S(=O)(O)c1ccc(Nc2nccc(-c3cnc[nH]3)n2)cc1. The molecular formula is C13H11N5O3S. The van der Waals surface area contributed by atoms with Crippen molar-refractivity contribution < 1.29 is 13.0 Å². The number of aromatic nitrogens is 4. The lowest BCUT2D eigenvalue weighted by atomic mass is 10.3. The molecule has 3 N–H and O–H groups in total. The van der Waals surface area contributed by atoms with Crippen LogP contribution in [0.2, 0.25) is 0 Å². The van der Waals surface area contributed by atoms with Crippen LogP contribution in [0.4, 0.5) is 11.6 Å². The molecule has 0 aliphatic heterocycles. The fourth-order valence-corrected chi connectivity index (χ4v) is 2.28. The van der Waals surface area contributed by atoms with E-state index in [1.54, 1.807) is 24.8 Å². The number of nitrogens with one attached hydrogen (secondary N) is 2. The summed E-state index contributed by atoms with van der Waals surface area (Å²) in [5, 5.41) is 2.95. The summed E-state index contributed by atoms with van der Waals surface area (Å²) in [4.78, 5) is 15.1. The van der Waals surface area contributed by atoms with Gasteiger partial charge >= 0.3 is 0 Å². The van der Waals surface area contributed by atoms with Gasteiger partial charge in [0.05, 0.1) is 28.8 Å². The van der Waals surface area contributed by atoms with Crippen molar-refractivity contribution in [2.45, 2.75) is 4.90 Å². The summed E-state index contributed by atoms with van der Waals surface area (Å²) in [6.07, 6.45) is 4.80. The molecule has 3 aromatic rings. The lowest BCUT2D eigenvalue weighted by Crippen LogP contribution is -2.00. The van der Waals surface area contributed by atoms with Crippen molar-refractivity contribution in [3.63, 3.8) is 0 Å². The quantitative estimate of drug-likeness (QED) is 0.628. The van der Waals surface area contributed by atoms with Gasteiger partial charge < -0.3 is 10.3 Å². The second-order valence-corrected chi connectivity index (χ2v) is 5.78. The van der Waals surface area contributed by atoms with E-state index in [-0.39, 0.29) is 4.90 Å². The minimum atomic E-state index is -4.20. The standard InChI is InChI=1S/C13H11N5O3S/c19-22(20,21)10-3-1-9(2-4-10)17-13-15-6-5-11(18-13)12-7-14-8-16-12/h1-8H,(H,14,16)(H,15,17,18)(H,19,20,21). The number of hydrogen-bond acceptors (Lipinski definition) is 6. The van der Waals surface area contributed by atoms with E-state index in [9.17, 15) is 8.42 Å². The van der Waals surface area contributed by atoms with E-state index < -0.39 is 10.1 Å². The van der Waals surface area contributed by atoms with Crippen LogP contribution >= 0.6 is 0 Å². The number of rotatable bonds is 4. The maximum absolute atomic E-state index is 11.0. The lowest BCUT2D eigenvalue weighted by molar-refractivity contribution is 0.483. The summed E-state index contributed by atoms with van der Waals surface area (Å²) in [6.45, 7) is 0. The highest BCUT2D eigenvalue weighted by Gasteiger charge is 2.09. The Morgan fingerprint density at radius 2 is 1.91 bits per heavy atom. The number of benzene rings is 1. The van der Waals surface area contributed by atoms with Crippen molar-refractivity contribution in [3.05, 3.63) is 49.1 Å². The van der Waals surface area contributed by atoms with E-state index in [2.05, 4.69) is 25.3 Å². The van der Waals surface area contributed by atoms with Crippen molar-refractivity contribution in [2.75, 3.05) is 5.32 Å². The molecular weight excluding hydrogens is 306 g/mol. The van der Waals surface area contributed by atoms with E-state index in [0.717, 1.165) is 5.69 Å². The zero-order valence-electron chi connectivity index (χ0n) is 11.1. The Hall–Kier alpha value is -2.78. The van der Waals surface area contributed by atoms with Gasteiger partial charge in [-0.05, 0) is 30.3 Å². The third-order valence-corrected chi connectivity index (χ3v) is 3.71. The molecule has 0 aliphatic carbocycles. The molecule has 0 amide bonds. The Labute approximate surface area is 126 Å². The molecule has 0 saturated carbocycles. The van der Waals surface area contributed by atoms with Gasteiger partial charge in [0.25, 0.3) is 10.1 Å². The molecule has 2 aromatic heterocycles. The highest BCUT2D eigenvalue weighted by molar-refractivity contribution is 7.85. The molecule has 0 aliphatic rings. The van der Waals surface area contributed by atoms with Crippen molar-refractivity contribution in [3.8, 4) is 11.4 Å². The number of aromatic amines is 1. The Balaban J connectivity index is 1.83. The first-order valence-electron chi connectivity index (χ1n) is 6.19. The average molecular weight is 317 g/mol. The summed E-state index contributed by atoms with van der Waals surface area (Å²) in [5.74, 6) is 0.353. The fraction of sp³-hybridized carbons (Fsp3) is 0. The lowest BCUT2D eigenvalue weighted by Gasteiger charge is -2.06. The van der Waals surface area contributed by atoms with Gasteiger partial charge in [-0.3, -0.25) is 4.55 Å². The van der Waals surface area contributed by atoms with Gasteiger partial charge in [-0.15, -0.1) is 0 Å². The van der Waals surface area contributed by atoms with Crippen LogP contribution in [0.15, 0.2) is 53.9 Å². The largest absolute Gasteiger partial charge is 0.343 e. The Bertz CT molecular complexity index is 876. The molecule has 3 rings (SSSR count). The van der Waals surface area contributed by atoms with E-state index in [4.69, 9.17) is 4.55 Å². The normalized spacial score (nSPS) is 11.3. The molecule has 0 unspecified atom stereocenters. The molecule has 1 aromatic carbocycles. The minimum Gasteiger partial charge on any atom is -0.343 e. The second kappa shape index (κ2) is 5.54. The van der Waals surface area contributed by atoms with E-state index in [1.807, 2.05) is 0 Å². The number of hydrogen-bond donors (Lipinski definition) is 3. The van der Waals surface area contributed by atoms with E-state index >= 15 is 0 Å². The molecule has 0 fully saturated rings. The molecule has 112 valence electrons. The predicted octanol–water partition coefficient (Wildman–Crippen LogP) is 1.86. The first-order chi connectivity index (χ1) is 10.5. The Kier molecular flexibility index (Phi) is 3.57. The Morgan fingerprint density at radius 3 is 2.55 bits per heavy atom. The summed E-state index contributed by atoms with van der Waals surface area (Å²) in [7, 11) is -4.20. The fourth-order valence-electron chi connectivity index (χ4n) is 1.80. The van der Waals surface area contributed by atoms with Crippen molar-refractivity contribution >= 4 is 21.8 Å². The van der Waals surface area contributed by atoms with Crippen LogP contribution in [0.3, 0.4) is 0 Å². The summed E-state index contributed by atoms with van der Waals surface area (Å²) in [5.41, 5.74) is 2.02. The van der Waals surface area contributed by atoms with Gasteiger partial charge in [0.2, 0.25) is 5.95 Å². The second-order valence-electron chi connectivity index (χ2n) is 4.36. The third-order valence-electron chi connectivity index (χ3n) is 2.84. The molecule has 0 saturated heterocycles. The molecule has 22 heavy (non-hydrogen) atoms. The summed E-state index contributed by atoms with van der Waals surface area (Å²) < 4.78 is 30.9. The molecule has 8 nitrogen and oxygen atoms in total. The van der Waals surface area contributed by atoms with Gasteiger partial charge in [0, 0.05) is 11.9 Å². The molecule has 2 heterocycles. The average Bonchev–Trinajstić information content (AvgIpc) is 3.01. The van der Waals surface area contributed by atoms with Gasteiger partial charge in [-0.25, -0.2) is 15.0 Å². The molecule has 0 radical (unpaired) electrons. The first-order valence-corrected chi connectivity index (χ1v) is 7.63. The zero-order chi connectivity index (χ0) is 15.6. The van der Waals surface area contributed by atoms with Crippen LogP contribution in [0.25, 0.3) is 11.4 Å². The van der Waals surface area contributed by atoms with Crippen molar-refractivity contribution in [1.82, 2.24) is 19.9 Å². The minimum absolute atomic E-state index is 0.176. The maximum atomic E-state index is 11.0. The van der Waals surface area contributed by atoms with Gasteiger partial charge in [0.15, 0.2) is 0 Å². The molecule has 0 spiro atoms. The predicted molar refractivity (Wildman–Crippen MR) is 79.2 cm³/mol. The zero-order valence-corrected chi connectivity index (χ0v) is 11.9. The van der Waals surface area contributed by atoms with Crippen LogP contribution in [0.1, 0.15) is 0 Å². The molecule has 0 atom stereocenters. The first kappa shape index (κ1) is 14.2. The van der Waals surface area contributed by atoms with Crippen LogP contribution in [0, 0.1) is 0 Å². The van der Waals surface area contributed by atoms with E-state index in [1.165, 1.54) is 24.3 Å². The highest BCUT2D eigenvalue weighted by atomic mass is 32.2. The number of imidazole rings is 1. The third kappa shape index (κ3) is 3.10. The van der Waals surface area contributed by atoms with E-state index in [0.29, 0.717) is 17.3 Å². The summed E-state index contributed by atoms with van der Waals surface area (Å²) >= 11 is 0. The van der Waals surface area contributed by atoms with Crippen molar-refractivity contribution in [1.29, 1.82) is 0 Å². The maximum Gasteiger partial charge on any atom is 0.294 e. The highest BCUT2D eigenvalue weighted by Crippen LogP contribution is 2.18. The van der Waals surface area contributed by atoms with Gasteiger partial charge in [-0.2, -0.15) is 8.42 Å². The topological polar surface area (TPSA) is 121 Å². The summed E-state index contributed by atoms with van der Waals surface area (Å²) in [6, 6.07) is 7.33. The van der Waals surface area contributed by atoms with Crippen LogP contribution < -0.4 is 5.32 Å². The smallest absolute Gasteiger partial charge is 0.294 e. The Morgan fingerprint density at radius 1 is 1.14 bits per heavy atom. The van der Waals surface area contributed by atoms with Gasteiger partial charge in [0.1, 0.15) is 0 Å². The van der Waals surface area contributed by atoms with Crippen molar-refractivity contribution in [2.24, 2.45) is 0 Å². The number of H-pyrrole nitrogens is 1.